The zero-order valence-electron chi connectivity index (χ0n) is 13.4. The maximum absolute atomic E-state index is 9.15. The Kier molecular flexibility index (Phi) is 3.73. The molecule has 3 heterocycles. The number of aliphatic hydroxyl groups excluding tert-OH is 1. The van der Waals surface area contributed by atoms with E-state index in [0.717, 1.165) is 29.3 Å². The number of aromatic nitrogens is 6. The van der Waals surface area contributed by atoms with E-state index in [2.05, 4.69) is 44.6 Å². The van der Waals surface area contributed by atoms with Gasteiger partial charge in [0, 0.05) is 12.1 Å². The Morgan fingerprint density at radius 2 is 2.04 bits per heavy atom. The van der Waals surface area contributed by atoms with Crippen molar-refractivity contribution in [1.29, 1.82) is 0 Å². The lowest BCUT2D eigenvalue weighted by Crippen LogP contribution is -2.23. The highest BCUT2D eigenvalue weighted by atomic mass is 16.3. The molecule has 0 spiro atoms. The molecule has 24 heavy (non-hydrogen) atoms. The molecular formula is C16H19N7O. The van der Waals surface area contributed by atoms with Gasteiger partial charge in [0.25, 0.3) is 0 Å². The SMILES string of the molecule is C[C@@H](c1ccccc1)n1nnnc1N1Cc2cnn(CCO)c2C1. The van der Waals surface area contributed by atoms with Gasteiger partial charge in [-0.1, -0.05) is 35.4 Å². The van der Waals surface area contributed by atoms with Crippen LogP contribution in [0.4, 0.5) is 5.95 Å². The summed E-state index contributed by atoms with van der Waals surface area (Å²) in [5.41, 5.74) is 3.44. The van der Waals surface area contributed by atoms with E-state index in [1.165, 1.54) is 0 Å². The predicted octanol–water partition coefficient (Wildman–Crippen LogP) is 0.991. The van der Waals surface area contributed by atoms with Gasteiger partial charge in [-0.15, -0.1) is 0 Å². The van der Waals surface area contributed by atoms with Crippen LogP contribution >= 0.6 is 0 Å². The number of benzene rings is 1. The maximum Gasteiger partial charge on any atom is 0.246 e. The summed E-state index contributed by atoms with van der Waals surface area (Å²) in [5, 5.41) is 25.8. The van der Waals surface area contributed by atoms with Crippen molar-refractivity contribution in [2.75, 3.05) is 11.5 Å². The zero-order chi connectivity index (χ0) is 16.5. The van der Waals surface area contributed by atoms with E-state index in [-0.39, 0.29) is 12.6 Å². The number of fused-ring (bicyclic) bond motifs is 1. The molecule has 0 fully saturated rings. The minimum atomic E-state index is 0.0499. The lowest BCUT2D eigenvalue weighted by Gasteiger charge is -2.20. The summed E-state index contributed by atoms with van der Waals surface area (Å²) in [6.07, 6.45) is 1.86. The van der Waals surface area contributed by atoms with E-state index in [1.807, 2.05) is 33.8 Å². The molecule has 0 aliphatic carbocycles. The summed E-state index contributed by atoms with van der Waals surface area (Å²) in [7, 11) is 0. The molecule has 3 aromatic rings. The van der Waals surface area contributed by atoms with Crippen molar-refractivity contribution in [3.8, 4) is 0 Å². The standard InChI is InChI=1S/C16H19N7O/c1-12(13-5-3-2-4-6-13)23-16(18-19-20-23)21-10-14-9-17-22(7-8-24)15(14)11-21/h2-6,9,12,24H,7-8,10-11H2,1H3/t12-/m0/s1. The molecule has 8 nitrogen and oxygen atoms in total. The summed E-state index contributed by atoms with van der Waals surface area (Å²) in [6.45, 7) is 4.09. The fraction of sp³-hybridized carbons (Fsp3) is 0.375. The topological polar surface area (TPSA) is 84.9 Å². The smallest absolute Gasteiger partial charge is 0.246 e. The van der Waals surface area contributed by atoms with Gasteiger partial charge in [0.2, 0.25) is 5.95 Å². The van der Waals surface area contributed by atoms with Gasteiger partial charge in [0.05, 0.1) is 37.6 Å². The second kappa shape index (κ2) is 6.04. The summed E-state index contributed by atoms with van der Waals surface area (Å²) < 4.78 is 3.70. The van der Waals surface area contributed by atoms with Crippen molar-refractivity contribution in [2.24, 2.45) is 0 Å². The second-order valence-electron chi connectivity index (χ2n) is 5.93. The highest BCUT2D eigenvalue weighted by molar-refractivity contribution is 5.40. The van der Waals surface area contributed by atoms with Crippen LogP contribution in [-0.2, 0) is 19.6 Å². The molecule has 8 heteroatoms. The van der Waals surface area contributed by atoms with Crippen molar-refractivity contribution in [2.45, 2.75) is 32.6 Å². The molecular weight excluding hydrogens is 306 g/mol. The van der Waals surface area contributed by atoms with E-state index < -0.39 is 0 Å². The molecule has 0 saturated heterocycles. The fourth-order valence-corrected chi connectivity index (χ4v) is 3.16. The molecule has 0 bridgehead atoms. The molecule has 1 N–H and O–H groups in total. The average Bonchev–Trinajstić information content (AvgIpc) is 3.31. The van der Waals surface area contributed by atoms with Crippen molar-refractivity contribution >= 4 is 5.95 Å². The molecule has 0 amide bonds. The van der Waals surface area contributed by atoms with Crippen LogP contribution in [0.3, 0.4) is 0 Å². The van der Waals surface area contributed by atoms with Gasteiger partial charge in [-0.05, 0) is 22.9 Å². The molecule has 2 aromatic heterocycles. The van der Waals surface area contributed by atoms with E-state index in [9.17, 15) is 0 Å². The number of nitrogens with zero attached hydrogens (tertiary/aromatic N) is 7. The first-order chi connectivity index (χ1) is 11.8. The van der Waals surface area contributed by atoms with Gasteiger partial charge in [-0.25, -0.2) is 4.68 Å². The Hall–Kier alpha value is -2.74. The number of anilines is 1. The Balaban J connectivity index is 1.60. The van der Waals surface area contributed by atoms with Gasteiger partial charge < -0.3 is 10.0 Å². The van der Waals surface area contributed by atoms with Crippen LogP contribution in [0.25, 0.3) is 0 Å². The van der Waals surface area contributed by atoms with Crippen LogP contribution in [0.15, 0.2) is 36.5 Å². The maximum atomic E-state index is 9.15. The van der Waals surface area contributed by atoms with Crippen molar-refractivity contribution in [3.05, 3.63) is 53.3 Å². The van der Waals surface area contributed by atoms with E-state index >= 15 is 0 Å². The molecule has 1 atom stereocenters. The summed E-state index contributed by atoms with van der Waals surface area (Å²) in [6, 6.07) is 10.2. The number of aliphatic hydroxyl groups is 1. The minimum absolute atomic E-state index is 0.0499. The molecule has 0 saturated carbocycles. The van der Waals surface area contributed by atoms with E-state index in [0.29, 0.717) is 13.1 Å². The van der Waals surface area contributed by atoms with Crippen LogP contribution in [0.5, 0.6) is 0 Å². The Bertz CT molecular complexity index is 826. The van der Waals surface area contributed by atoms with Gasteiger partial charge >= 0.3 is 0 Å². The monoisotopic (exact) mass is 325 g/mol. The van der Waals surface area contributed by atoms with E-state index in [4.69, 9.17) is 5.11 Å². The third kappa shape index (κ3) is 2.44. The van der Waals surface area contributed by atoms with E-state index in [1.54, 1.807) is 0 Å². The van der Waals surface area contributed by atoms with Crippen LogP contribution in [0.2, 0.25) is 0 Å². The summed E-state index contributed by atoms with van der Waals surface area (Å²) in [4.78, 5) is 2.14. The third-order valence-corrected chi connectivity index (χ3v) is 4.46. The fourth-order valence-electron chi connectivity index (χ4n) is 3.16. The molecule has 0 radical (unpaired) electrons. The second-order valence-corrected chi connectivity index (χ2v) is 5.93. The van der Waals surface area contributed by atoms with Gasteiger partial charge in [-0.2, -0.15) is 5.10 Å². The Morgan fingerprint density at radius 3 is 2.83 bits per heavy atom. The highest BCUT2D eigenvalue weighted by Gasteiger charge is 2.28. The van der Waals surface area contributed by atoms with Gasteiger partial charge in [0.15, 0.2) is 0 Å². The van der Waals surface area contributed by atoms with Crippen LogP contribution in [0.1, 0.15) is 29.8 Å². The first kappa shape index (κ1) is 14.8. The minimum Gasteiger partial charge on any atom is -0.394 e. The van der Waals surface area contributed by atoms with Crippen LogP contribution in [0, 0.1) is 0 Å². The third-order valence-electron chi connectivity index (χ3n) is 4.46. The Labute approximate surface area is 139 Å². The Morgan fingerprint density at radius 1 is 1.21 bits per heavy atom. The van der Waals surface area contributed by atoms with Crippen molar-refractivity contribution < 1.29 is 5.11 Å². The molecule has 4 rings (SSSR count). The summed E-state index contributed by atoms with van der Waals surface area (Å²) >= 11 is 0. The molecule has 1 aromatic carbocycles. The van der Waals surface area contributed by atoms with Crippen LogP contribution < -0.4 is 4.90 Å². The molecule has 1 aliphatic rings. The summed E-state index contributed by atoms with van der Waals surface area (Å²) in [5.74, 6) is 0.748. The quantitative estimate of drug-likeness (QED) is 0.753. The van der Waals surface area contributed by atoms with Gasteiger partial charge in [-0.3, -0.25) is 4.68 Å². The molecule has 124 valence electrons. The largest absolute Gasteiger partial charge is 0.394 e. The van der Waals surface area contributed by atoms with Crippen LogP contribution in [-0.4, -0.2) is 41.7 Å². The number of rotatable bonds is 5. The first-order valence-electron chi connectivity index (χ1n) is 8.00. The average molecular weight is 325 g/mol. The van der Waals surface area contributed by atoms with Crippen molar-refractivity contribution in [3.63, 3.8) is 0 Å². The highest BCUT2D eigenvalue weighted by Crippen LogP contribution is 2.29. The van der Waals surface area contributed by atoms with Gasteiger partial charge in [0.1, 0.15) is 0 Å². The predicted molar refractivity (Wildman–Crippen MR) is 87.3 cm³/mol. The first-order valence-corrected chi connectivity index (χ1v) is 8.00. The molecule has 1 aliphatic heterocycles. The normalized spacial score (nSPS) is 14.8. The number of hydrogen-bond acceptors (Lipinski definition) is 6. The lowest BCUT2D eigenvalue weighted by atomic mass is 10.1. The zero-order valence-corrected chi connectivity index (χ0v) is 13.4. The number of tetrazole rings is 1. The number of hydrogen-bond donors (Lipinski definition) is 1. The lowest BCUT2D eigenvalue weighted by molar-refractivity contribution is 0.267. The molecule has 0 unspecified atom stereocenters. The van der Waals surface area contributed by atoms with Crippen molar-refractivity contribution in [1.82, 2.24) is 30.0 Å².